The third kappa shape index (κ3) is 5.64. The van der Waals surface area contributed by atoms with Gasteiger partial charge in [0.15, 0.2) is 5.78 Å². The van der Waals surface area contributed by atoms with Gasteiger partial charge in [0, 0.05) is 22.6 Å². The van der Waals surface area contributed by atoms with Gasteiger partial charge < -0.3 is 4.74 Å². The maximum Gasteiger partial charge on any atom is 0.356 e. The Morgan fingerprint density at radius 2 is 1.41 bits per heavy atom. The van der Waals surface area contributed by atoms with Crippen molar-refractivity contribution in [3.63, 3.8) is 0 Å². The molecule has 1 N–H and O–H groups in total. The number of benzene rings is 2. The molecule has 2 aromatic rings. The number of hydrogen-bond donors (Lipinski definition) is 1. The van der Waals surface area contributed by atoms with Gasteiger partial charge >= 0.3 is 5.97 Å². The standard InChI is InChI=1S/C22H24N2O3/c1-22(2,3)19(25)15-18(21(26)27-4)23-24-20(16-11-7-5-8-12-16)17-13-9-6-10-14-17/h5-15,23H,1-4H3. The molecule has 0 amide bonds. The van der Waals surface area contributed by atoms with Crippen LogP contribution in [0.5, 0.6) is 0 Å². The zero-order valence-electron chi connectivity index (χ0n) is 16.0. The molecule has 0 aliphatic carbocycles. The van der Waals surface area contributed by atoms with Gasteiger partial charge in [0.05, 0.1) is 12.8 Å². The van der Waals surface area contributed by atoms with Gasteiger partial charge in [-0.1, -0.05) is 81.4 Å². The summed E-state index contributed by atoms with van der Waals surface area (Å²) in [6.45, 7) is 5.34. The number of hydrazone groups is 1. The molecule has 27 heavy (non-hydrogen) atoms. The summed E-state index contributed by atoms with van der Waals surface area (Å²) in [6.07, 6.45) is 1.24. The normalized spacial score (nSPS) is 11.5. The molecule has 5 nitrogen and oxygen atoms in total. The van der Waals surface area contributed by atoms with Gasteiger partial charge in [-0.3, -0.25) is 10.2 Å². The van der Waals surface area contributed by atoms with Crippen molar-refractivity contribution in [2.75, 3.05) is 7.11 Å². The minimum Gasteiger partial charge on any atom is -0.464 e. The molecule has 0 atom stereocenters. The lowest BCUT2D eigenvalue weighted by atomic mass is 9.90. The van der Waals surface area contributed by atoms with Crippen molar-refractivity contribution in [1.82, 2.24) is 5.43 Å². The molecule has 0 radical (unpaired) electrons. The van der Waals surface area contributed by atoms with E-state index in [4.69, 9.17) is 4.74 Å². The number of carbonyl (C=O) groups is 2. The monoisotopic (exact) mass is 364 g/mol. The minimum absolute atomic E-state index is 0.0122. The summed E-state index contributed by atoms with van der Waals surface area (Å²) < 4.78 is 4.78. The lowest BCUT2D eigenvalue weighted by Gasteiger charge is -2.15. The molecule has 0 heterocycles. The molecule has 2 aromatic carbocycles. The van der Waals surface area contributed by atoms with Gasteiger partial charge in [0.25, 0.3) is 0 Å². The quantitative estimate of drug-likeness (QED) is 0.367. The number of ketones is 1. The Morgan fingerprint density at radius 3 is 1.81 bits per heavy atom. The topological polar surface area (TPSA) is 67.8 Å². The van der Waals surface area contributed by atoms with E-state index >= 15 is 0 Å². The maximum absolute atomic E-state index is 12.3. The molecule has 0 saturated carbocycles. The molecule has 0 fully saturated rings. The van der Waals surface area contributed by atoms with Crippen LogP contribution in [-0.2, 0) is 14.3 Å². The average Bonchev–Trinajstić information content (AvgIpc) is 2.67. The average molecular weight is 364 g/mol. The zero-order valence-corrected chi connectivity index (χ0v) is 16.0. The summed E-state index contributed by atoms with van der Waals surface area (Å²) in [6, 6.07) is 19.2. The molecular weight excluding hydrogens is 340 g/mol. The molecular formula is C22H24N2O3. The summed E-state index contributed by atoms with van der Waals surface area (Å²) in [7, 11) is 1.26. The van der Waals surface area contributed by atoms with E-state index in [1.165, 1.54) is 13.2 Å². The van der Waals surface area contributed by atoms with E-state index in [1.807, 2.05) is 60.7 Å². The second-order valence-corrected chi connectivity index (χ2v) is 6.97. The Balaban J connectivity index is 2.44. The van der Waals surface area contributed by atoms with Crippen LogP contribution in [0, 0.1) is 5.41 Å². The zero-order chi connectivity index (χ0) is 19.9. The molecule has 0 bridgehead atoms. The van der Waals surface area contributed by atoms with E-state index in [2.05, 4.69) is 10.5 Å². The second-order valence-electron chi connectivity index (χ2n) is 6.97. The van der Waals surface area contributed by atoms with E-state index in [0.29, 0.717) is 5.71 Å². The van der Waals surface area contributed by atoms with Gasteiger partial charge in [-0.25, -0.2) is 4.79 Å². The number of hydrogen-bond acceptors (Lipinski definition) is 5. The van der Waals surface area contributed by atoms with Crippen molar-refractivity contribution in [2.45, 2.75) is 20.8 Å². The highest BCUT2D eigenvalue weighted by atomic mass is 16.5. The summed E-state index contributed by atoms with van der Waals surface area (Å²) in [5.74, 6) is -0.858. The van der Waals surface area contributed by atoms with Gasteiger partial charge in [0.2, 0.25) is 0 Å². The number of nitrogens with zero attached hydrogens (tertiary/aromatic N) is 1. The summed E-state index contributed by atoms with van der Waals surface area (Å²) in [5.41, 5.74) is 4.50. The van der Waals surface area contributed by atoms with Crippen LogP contribution in [0.4, 0.5) is 0 Å². The van der Waals surface area contributed by atoms with Crippen LogP contribution in [0.25, 0.3) is 0 Å². The largest absolute Gasteiger partial charge is 0.464 e. The Hall–Kier alpha value is -3.21. The summed E-state index contributed by atoms with van der Waals surface area (Å²) in [4.78, 5) is 24.4. The number of nitrogens with one attached hydrogen (secondary N) is 1. The lowest BCUT2D eigenvalue weighted by Crippen LogP contribution is -2.24. The first-order valence-electron chi connectivity index (χ1n) is 8.62. The number of esters is 1. The van der Waals surface area contributed by atoms with Gasteiger partial charge in [0.1, 0.15) is 5.70 Å². The Kier molecular flexibility index (Phi) is 6.66. The lowest BCUT2D eigenvalue weighted by molar-refractivity contribution is -0.137. The highest BCUT2D eigenvalue weighted by molar-refractivity contribution is 6.13. The van der Waals surface area contributed by atoms with Crippen molar-refractivity contribution in [3.8, 4) is 0 Å². The number of carbonyl (C=O) groups excluding carboxylic acids is 2. The molecule has 0 aromatic heterocycles. The predicted octanol–water partition coefficient (Wildman–Crippen LogP) is 3.70. The van der Waals surface area contributed by atoms with Gasteiger partial charge in [-0.05, 0) is 0 Å². The van der Waals surface area contributed by atoms with E-state index in [-0.39, 0.29) is 11.5 Å². The first-order valence-corrected chi connectivity index (χ1v) is 8.62. The second kappa shape index (κ2) is 8.94. The maximum atomic E-state index is 12.3. The van der Waals surface area contributed by atoms with E-state index < -0.39 is 11.4 Å². The third-order valence-electron chi connectivity index (χ3n) is 3.80. The summed E-state index contributed by atoms with van der Waals surface area (Å²) >= 11 is 0. The first kappa shape index (κ1) is 20.1. The number of allylic oxidation sites excluding steroid dienone is 1. The first-order chi connectivity index (χ1) is 12.8. The smallest absolute Gasteiger partial charge is 0.356 e. The fraction of sp³-hybridized carbons (Fsp3) is 0.227. The van der Waals surface area contributed by atoms with Crippen LogP contribution in [0.2, 0.25) is 0 Å². The van der Waals surface area contributed by atoms with Crippen molar-refractivity contribution in [1.29, 1.82) is 0 Å². The van der Waals surface area contributed by atoms with Crippen molar-refractivity contribution in [3.05, 3.63) is 83.6 Å². The molecule has 0 aliphatic rings. The van der Waals surface area contributed by atoms with Crippen molar-refractivity contribution < 1.29 is 14.3 Å². The molecule has 140 valence electrons. The Labute approximate surface area is 159 Å². The van der Waals surface area contributed by atoms with Crippen LogP contribution in [0.3, 0.4) is 0 Å². The molecule has 5 heteroatoms. The van der Waals surface area contributed by atoms with Crippen molar-refractivity contribution >= 4 is 17.5 Å². The highest BCUT2D eigenvalue weighted by Gasteiger charge is 2.22. The van der Waals surface area contributed by atoms with Crippen LogP contribution >= 0.6 is 0 Å². The molecule has 0 spiro atoms. The van der Waals surface area contributed by atoms with Crippen LogP contribution in [0.15, 0.2) is 77.5 Å². The van der Waals surface area contributed by atoms with Crippen LogP contribution < -0.4 is 5.43 Å². The Bertz CT molecular complexity index is 807. The van der Waals surface area contributed by atoms with Crippen LogP contribution in [0.1, 0.15) is 31.9 Å². The minimum atomic E-state index is -0.656. The fourth-order valence-electron chi connectivity index (χ4n) is 2.20. The van der Waals surface area contributed by atoms with Gasteiger partial charge in [-0.15, -0.1) is 0 Å². The SMILES string of the molecule is COC(=O)C(=CC(=O)C(C)(C)C)NN=C(c1ccccc1)c1ccccc1. The predicted molar refractivity (Wildman–Crippen MR) is 106 cm³/mol. The Morgan fingerprint density at radius 1 is 0.926 bits per heavy atom. The highest BCUT2D eigenvalue weighted by Crippen LogP contribution is 2.16. The van der Waals surface area contributed by atoms with Crippen LogP contribution in [-0.4, -0.2) is 24.6 Å². The van der Waals surface area contributed by atoms with E-state index in [0.717, 1.165) is 11.1 Å². The van der Waals surface area contributed by atoms with Gasteiger partial charge in [-0.2, -0.15) is 5.10 Å². The number of ether oxygens (including phenoxy) is 1. The molecule has 0 aliphatic heterocycles. The number of rotatable bonds is 6. The molecule has 0 saturated heterocycles. The molecule has 0 unspecified atom stereocenters. The van der Waals surface area contributed by atoms with E-state index in [9.17, 15) is 9.59 Å². The summed E-state index contributed by atoms with van der Waals surface area (Å²) in [5, 5.41) is 4.41. The third-order valence-corrected chi connectivity index (χ3v) is 3.80. The van der Waals surface area contributed by atoms with E-state index in [1.54, 1.807) is 20.8 Å². The fourth-order valence-corrected chi connectivity index (χ4v) is 2.20. The molecule has 2 rings (SSSR count). The number of methoxy groups -OCH3 is 1. The van der Waals surface area contributed by atoms with Crippen molar-refractivity contribution in [2.24, 2.45) is 10.5 Å².